The van der Waals surface area contributed by atoms with Crippen LogP contribution in [0.4, 0.5) is 11.4 Å². The van der Waals surface area contributed by atoms with Crippen LogP contribution in [0.25, 0.3) is 22.2 Å². The number of hydrogen-bond donors (Lipinski definition) is 1. The number of anilines is 2. The van der Waals surface area contributed by atoms with E-state index in [1.807, 2.05) is 6.07 Å². The van der Waals surface area contributed by atoms with Crippen molar-refractivity contribution in [3.05, 3.63) is 78.1 Å². The second-order valence-electron chi connectivity index (χ2n) is 7.96. The first-order valence-corrected chi connectivity index (χ1v) is 13.8. The Bertz CT molecular complexity index is 1640. The van der Waals surface area contributed by atoms with Crippen molar-refractivity contribution in [1.29, 1.82) is 0 Å². The average Bonchev–Trinajstić information content (AvgIpc) is 3.12. The molecule has 1 aliphatic rings. The molecule has 1 N–H and O–H groups in total. The van der Waals surface area contributed by atoms with Crippen LogP contribution in [0.2, 0.25) is 5.02 Å². The van der Waals surface area contributed by atoms with Gasteiger partial charge in [0.2, 0.25) is 0 Å². The third kappa shape index (κ3) is 4.43. The van der Waals surface area contributed by atoms with Gasteiger partial charge in [0.25, 0.3) is 10.0 Å². The number of nitrogens with one attached hydrogen (secondary N) is 1. The monoisotopic (exact) mass is 529 g/mol. The lowest BCUT2D eigenvalue weighted by Gasteiger charge is -2.18. The number of fused-ring (bicyclic) bond motifs is 1. The molecular weight excluding hydrogens is 510 g/mol. The van der Waals surface area contributed by atoms with Crippen LogP contribution < -0.4 is 9.03 Å². The van der Waals surface area contributed by atoms with Gasteiger partial charge in [-0.3, -0.25) is 14.0 Å². The number of hydrogen-bond acceptors (Lipinski definition) is 6. The van der Waals surface area contributed by atoms with Gasteiger partial charge in [-0.2, -0.15) is 12.7 Å². The van der Waals surface area contributed by atoms with E-state index in [1.165, 1.54) is 39.9 Å². The Balaban J connectivity index is 1.41. The molecule has 180 valence electrons. The molecule has 0 saturated carbocycles. The molecule has 2 aromatic carbocycles. The van der Waals surface area contributed by atoms with Gasteiger partial charge in [0, 0.05) is 49.2 Å². The molecular formula is C23H20ClN5O4S2. The summed E-state index contributed by atoms with van der Waals surface area (Å²) in [7, 11) is -6.02. The molecule has 0 unspecified atom stereocenters. The zero-order chi connectivity index (χ0) is 24.8. The lowest BCUT2D eigenvalue weighted by molar-refractivity contribution is 0.511. The fourth-order valence-electron chi connectivity index (χ4n) is 3.80. The summed E-state index contributed by atoms with van der Waals surface area (Å²) in [5.41, 5.74) is 2.62. The molecule has 1 fully saturated rings. The molecule has 0 radical (unpaired) electrons. The van der Waals surface area contributed by atoms with Crippen LogP contribution in [-0.2, 0) is 20.2 Å². The maximum Gasteiger partial charge on any atom is 0.303 e. The van der Waals surface area contributed by atoms with Crippen molar-refractivity contribution in [3.8, 4) is 11.3 Å². The molecule has 0 spiro atoms. The van der Waals surface area contributed by atoms with Crippen molar-refractivity contribution < 1.29 is 16.8 Å². The molecule has 2 aromatic heterocycles. The Kier molecular flexibility index (Phi) is 5.88. The molecule has 35 heavy (non-hydrogen) atoms. The van der Waals surface area contributed by atoms with Gasteiger partial charge in [0.1, 0.15) is 0 Å². The quantitative estimate of drug-likeness (QED) is 0.421. The van der Waals surface area contributed by atoms with Gasteiger partial charge in [-0.05, 0) is 60.7 Å². The van der Waals surface area contributed by atoms with Crippen LogP contribution in [0, 0.1) is 0 Å². The molecule has 3 heterocycles. The third-order valence-corrected chi connectivity index (χ3v) is 9.36. The highest BCUT2D eigenvalue weighted by Crippen LogP contribution is 2.32. The van der Waals surface area contributed by atoms with Gasteiger partial charge in [-0.25, -0.2) is 13.4 Å². The summed E-state index contributed by atoms with van der Waals surface area (Å²) < 4.78 is 55.8. The Hall–Kier alpha value is -3.25. The predicted molar refractivity (Wildman–Crippen MR) is 136 cm³/mol. The molecule has 5 rings (SSSR count). The second kappa shape index (κ2) is 8.76. The van der Waals surface area contributed by atoms with E-state index < -0.39 is 20.2 Å². The summed E-state index contributed by atoms with van der Waals surface area (Å²) in [6, 6.07) is 16.0. The fourth-order valence-corrected chi connectivity index (χ4v) is 6.41. The molecule has 1 saturated heterocycles. The van der Waals surface area contributed by atoms with Gasteiger partial charge in [0.15, 0.2) is 0 Å². The summed E-state index contributed by atoms with van der Waals surface area (Å²) in [5.74, 6) is 0. The largest absolute Gasteiger partial charge is 0.303 e. The number of aromatic nitrogens is 2. The number of pyridine rings is 2. The van der Waals surface area contributed by atoms with Crippen molar-refractivity contribution in [2.45, 2.75) is 4.90 Å². The third-order valence-electron chi connectivity index (χ3n) is 5.71. The van der Waals surface area contributed by atoms with Crippen molar-refractivity contribution in [1.82, 2.24) is 14.3 Å². The van der Waals surface area contributed by atoms with Crippen LogP contribution in [0.1, 0.15) is 0 Å². The summed E-state index contributed by atoms with van der Waals surface area (Å²) in [5, 5.41) is 1.30. The first-order valence-electron chi connectivity index (χ1n) is 10.5. The zero-order valence-corrected chi connectivity index (χ0v) is 20.8. The van der Waals surface area contributed by atoms with E-state index in [0.717, 1.165) is 10.9 Å². The van der Waals surface area contributed by atoms with Crippen LogP contribution >= 0.6 is 11.6 Å². The number of sulfonamides is 1. The predicted octanol–water partition coefficient (Wildman–Crippen LogP) is 3.75. The van der Waals surface area contributed by atoms with Gasteiger partial charge in [-0.1, -0.05) is 11.6 Å². The zero-order valence-electron chi connectivity index (χ0n) is 18.5. The number of nitrogens with zero attached hydrogens (tertiary/aromatic N) is 4. The van der Waals surface area contributed by atoms with E-state index in [9.17, 15) is 16.8 Å². The molecule has 12 heteroatoms. The highest BCUT2D eigenvalue weighted by Gasteiger charge is 2.34. The number of rotatable bonds is 5. The highest BCUT2D eigenvalue weighted by molar-refractivity contribution is 7.92. The average molecular weight is 530 g/mol. The minimum absolute atomic E-state index is 0.000898. The van der Waals surface area contributed by atoms with E-state index in [1.54, 1.807) is 42.7 Å². The molecule has 0 atom stereocenters. The number of halogens is 1. The van der Waals surface area contributed by atoms with Crippen LogP contribution in [-0.4, -0.2) is 51.2 Å². The van der Waals surface area contributed by atoms with E-state index in [4.69, 9.17) is 11.6 Å². The summed E-state index contributed by atoms with van der Waals surface area (Å²) in [6.07, 6.45) is 3.36. The molecule has 0 bridgehead atoms. The van der Waals surface area contributed by atoms with Crippen LogP contribution in [0.5, 0.6) is 0 Å². The lowest BCUT2D eigenvalue weighted by Crippen LogP contribution is -2.30. The van der Waals surface area contributed by atoms with E-state index in [-0.39, 0.29) is 4.90 Å². The minimum atomic E-state index is -3.94. The van der Waals surface area contributed by atoms with Crippen LogP contribution in [0.3, 0.4) is 0 Å². The van der Waals surface area contributed by atoms with Gasteiger partial charge in [-0.15, -0.1) is 0 Å². The highest BCUT2D eigenvalue weighted by atomic mass is 35.5. The first kappa shape index (κ1) is 23.5. The summed E-state index contributed by atoms with van der Waals surface area (Å²) in [4.78, 5) is 8.68. The van der Waals surface area contributed by atoms with Crippen molar-refractivity contribution in [3.63, 3.8) is 0 Å². The molecule has 4 aromatic rings. The smallest absolute Gasteiger partial charge is 0.280 e. The van der Waals surface area contributed by atoms with Crippen molar-refractivity contribution in [2.24, 2.45) is 0 Å². The topological polar surface area (TPSA) is 113 Å². The number of likely N-dealkylation sites (N-methyl/N-ethyl adjacent to an activating group) is 1. The van der Waals surface area contributed by atoms with Gasteiger partial charge < -0.3 is 0 Å². The second-order valence-corrected chi connectivity index (χ2v) is 12.0. The molecule has 1 aliphatic heterocycles. The Morgan fingerprint density at radius 1 is 1.00 bits per heavy atom. The van der Waals surface area contributed by atoms with Gasteiger partial charge >= 0.3 is 10.2 Å². The summed E-state index contributed by atoms with van der Waals surface area (Å²) >= 11 is 6.40. The lowest BCUT2D eigenvalue weighted by atomic mass is 10.1. The standard InChI is InChI=1S/C23H20ClN5O4S2/c1-28-12-13-29(35(28,32)33)18-4-6-19(7-5-18)34(30,31)27-17-3-8-21(24)20(14-17)23-9-2-16-15-25-11-10-22(16)26-23/h2-11,14-15,27H,12-13H2,1H3. The van der Waals surface area contributed by atoms with Gasteiger partial charge in [0.05, 0.1) is 26.8 Å². The Morgan fingerprint density at radius 3 is 2.49 bits per heavy atom. The normalized spacial score (nSPS) is 16.0. The van der Waals surface area contributed by atoms with Crippen molar-refractivity contribution >= 4 is 54.1 Å². The first-order chi connectivity index (χ1) is 16.6. The maximum atomic E-state index is 13.0. The van der Waals surface area contributed by atoms with Crippen molar-refractivity contribution in [2.75, 3.05) is 29.2 Å². The Labute approximate surface area is 208 Å². The summed E-state index contributed by atoms with van der Waals surface area (Å²) in [6.45, 7) is 0.668. The minimum Gasteiger partial charge on any atom is -0.280 e. The Morgan fingerprint density at radius 2 is 1.77 bits per heavy atom. The molecule has 0 aliphatic carbocycles. The van der Waals surface area contributed by atoms with E-state index in [0.29, 0.717) is 40.7 Å². The molecule has 9 nitrogen and oxygen atoms in total. The van der Waals surface area contributed by atoms with E-state index in [2.05, 4.69) is 14.7 Å². The van der Waals surface area contributed by atoms with E-state index >= 15 is 0 Å². The fraction of sp³-hybridized carbons (Fsp3) is 0.130. The SMILES string of the molecule is CN1CCN(c2ccc(S(=O)(=O)Nc3ccc(Cl)c(-c4ccc5cnccc5n4)c3)cc2)S1(=O)=O. The maximum absolute atomic E-state index is 13.0. The number of benzene rings is 2. The molecule has 0 amide bonds. The van der Waals surface area contributed by atoms with Crippen LogP contribution in [0.15, 0.2) is 78.0 Å².